The monoisotopic (exact) mass is 534 g/mol. The molecule has 0 saturated carbocycles. The Morgan fingerprint density at radius 1 is 1.00 bits per heavy atom. The minimum absolute atomic E-state index is 0. The minimum atomic E-state index is 0. The van der Waals surface area contributed by atoms with Crippen LogP contribution in [-0.4, -0.2) is 48.3 Å². The van der Waals surface area contributed by atoms with Crippen LogP contribution in [0.2, 0.25) is 0 Å². The van der Waals surface area contributed by atoms with Gasteiger partial charge >= 0.3 is 0 Å². The molecule has 0 atom stereocenters. The van der Waals surface area contributed by atoms with Gasteiger partial charge < -0.3 is 0 Å². The van der Waals surface area contributed by atoms with Crippen molar-refractivity contribution in [1.29, 1.82) is 0 Å². The van der Waals surface area contributed by atoms with Gasteiger partial charge in [-0.05, 0) is 0 Å². The minimum Gasteiger partial charge on any atom is 0 e. The number of rotatable bonds is 0. The summed E-state index contributed by atoms with van der Waals surface area (Å²) in [6, 6.07) is 0. The molecule has 0 nitrogen and oxygen atoms in total. The molecule has 0 fully saturated rings. The third kappa shape index (κ3) is 9.77. The first-order valence-corrected chi connectivity index (χ1v) is 0. The Kier molecular flexibility index (Phi) is 91.9. The molecule has 0 aromatic carbocycles. The fourth-order valence-electron chi connectivity index (χ4n) is 0. The fourth-order valence-corrected chi connectivity index (χ4v) is 0. The maximum absolute atomic E-state index is 0. The summed E-state index contributed by atoms with van der Waals surface area (Å²) in [4.78, 5) is 0. The SMILES string of the molecule is [Ce].[Eu].[Sb].[Sn]. The van der Waals surface area contributed by atoms with E-state index in [-0.39, 0.29) is 139 Å². The molecule has 20 valence electrons. The normalized spacial score (nSPS) is 0. The summed E-state index contributed by atoms with van der Waals surface area (Å²) >= 11 is 0. The molecule has 0 saturated heterocycles. The van der Waals surface area contributed by atoms with Crippen LogP contribution in [0.4, 0.5) is 0 Å². The number of hydrogen-bond acceptors (Lipinski definition) is 0. The summed E-state index contributed by atoms with van der Waals surface area (Å²) in [5.74, 6) is 0. The Labute approximate surface area is 135 Å². The van der Waals surface area contributed by atoms with E-state index in [1.165, 1.54) is 0 Å². The van der Waals surface area contributed by atoms with Crippen molar-refractivity contribution in [3.63, 3.8) is 0 Å². The third-order valence-corrected chi connectivity index (χ3v) is 0. The van der Waals surface area contributed by atoms with E-state index in [4.69, 9.17) is 0 Å². The van der Waals surface area contributed by atoms with E-state index in [0.717, 1.165) is 0 Å². The summed E-state index contributed by atoms with van der Waals surface area (Å²) in [5, 5.41) is 0. The van der Waals surface area contributed by atoms with Crippen LogP contribution in [0.3, 0.4) is 0 Å². The van der Waals surface area contributed by atoms with Crippen LogP contribution in [0, 0.1) is 91.1 Å². The maximum Gasteiger partial charge on any atom is 0 e. The number of hydrogen-bond donors (Lipinski definition) is 0. The topological polar surface area (TPSA) is 0 Å². The molecule has 0 aromatic rings. The van der Waals surface area contributed by atoms with Crippen molar-refractivity contribution in [3.05, 3.63) is 0 Å². The van der Waals surface area contributed by atoms with Crippen molar-refractivity contribution in [2.24, 2.45) is 0 Å². The largest absolute Gasteiger partial charge is 0 e. The molecular formula is CeEuSbSn. The third-order valence-electron chi connectivity index (χ3n) is 0. The van der Waals surface area contributed by atoms with E-state index in [9.17, 15) is 0 Å². The van der Waals surface area contributed by atoms with Crippen molar-refractivity contribution >= 4 is 48.3 Å². The molecule has 0 bridgehead atoms. The quantitative estimate of drug-likeness (QED) is 0.360. The molecule has 0 aromatic heterocycles. The molecule has 0 unspecified atom stereocenters. The molecule has 0 N–H and O–H groups in total. The predicted octanol–water partition coefficient (Wildman–Crippen LogP) is -0.762. The summed E-state index contributed by atoms with van der Waals surface area (Å²) in [7, 11) is 0. The standard InChI is InChI=1S/Ce.Eu.Sb.Sn. The molecule has 4 heavy (non-hydrogen) atoms. The Morgan fingerprint density at radius 3 is 1.00 bits per heavy atom. The van der Waals surface area contributed by atoms with Crippen molar-refractivity contribution < 1.29 is 91.1 Å². The van der Waals surface area contributed by atoms with Crippen LogP contribution in [0.1, 0.15) is 0 Å². The molecular weight excluding hydrogens is 533 g/mol. The summed E-state index contributed by atoms with van der Waals surface area (Å²) < 4.78 is 0. The van der Waals surface area contributed by atoms with Gasteiger partial charge in [0.1, 0.15) is 0 Å². The molecule has 4 heteroatoms. The second-order valence-corrected chi connectivity index (χ2v) is 0. The van der Waals surface area contributed by atoms with Crippen LogP contribution in [0.5, 0.6) is 0 Å². The van der Waals surface area contributed by atoms with Gasteiger partial charge in [0.25, 0.3) is 0 Å². The van der Waals surface area contributed by atoms with E-state index >= 15 is 0 Å². The Morgan fingerprint density at radius 2 is 1.00 bits per heavy atom. The first-order valence-electron chi connectivity index (χ1n) is 0. The smallest absolute Gasteiger partial charge is 0 e. The van der Waals surface area contributed by atoms with E-state index in [0.29, 0.717) is 0 Å². The van der Waals surface area contributed by atoms with Gasteiger partial charge in [-0.3, -0.25) is 0 Å². The van der Waals surface area contributed by atoms with Crippen LogP contribution in [-0.2, 0) is 0 Å². The van der Waals surface area contributed by atoms with E-state index in [1.807, 2.05) is 0 Å². The Hall–Kier alpha value is 4.58. The first kappa shape index (κ1) is 23.5. The van der Waals surface area contributed by atoms with Crippen molar-refractivity contribution in [2.75, 3.05) is 0 Å². The predicted molar refractivity (Wildman–Crippen MR) is 11.5 cm³/mol. The van der Waals surface area contributed by atoms with Gasteiger partial charge in [-0.15, -0.1) is 0 Å². The molecule has 0 amide bonds. The first-order chi connectivity index (χ1) is 0. The molecule has 0 rings (SSSR count). The summed E-state index contributed by atoms with van der Waals surface area (Å²) in [5.41, 5.74) is 0. The van der Waals surface area contributed by atoms with E-state index in [1.54, 1.807) is 0 Å². The average molecular weight is 533 g/mol. The average Bonchev–Trinajstić information content (AvgIpc) is 0. The summed E-state index contributed by atoms with van der Waals surface area (Å²) in [6.45, 7) is 0. The van der Waals surface area contributed by atoms with E-state index in [2.05, 4.69) is 0 Å². The van der Waals surface area contributed by atoms with Crippen LogP contribution in [0.25, 0.3) is 0 Å². The molecule has 0 aliphatic heterocycles. The van der Waals surface area contributed by atoms with Crippen molar-refractivity contribution in [3.8, 4) is 0 Å². The molecule has 0 aliphatic rings. The molecule has 0 spiro atoms. The zero-order chi connectivity index (χ0) is 0. The molecule has 0 aliphatic carbocycles. The van der Waals surface area contributed by atoms with Crippen molar-refractivity contribution in [2.45, 2.75) is 0 Å². The second kappa shape index (κ2) is 15.6. The maximum atomic E-state index is 0. The van der Waals surface area contributed by atoms with Gasteiger partial charge in [-0.2, -0.15) is 0 Å². The second-order valence-electron chi connectivity index (χ2n) is 0. The van der Waals surface area contributed by atoms with Crippen LogP contribution < -0.4 is 0 Å². The van der Waals surface area contributed by atoms with Gasteiger partial charge in [-0.1, -0.05) is 0 Å². The van der Waals surface area contributed by atoms with Gasteiger partial charge in [0, 0.05) is 139 Å². The zero-order valence-corrected chi connectivity index (χ0v) is 12.8. The Bertz CT molecular complexity index is 8.00. The van der Waals surface area contributed by atoms with Gasteiger partial charge in [-0.25, -0.2) is 0 Å². The molecule has 0 heterocycles. The van der Waals surface area contributed by atoms with Gasteiger partial charge in [0.2, 0.25) is 0 Å². The van der Waals surface area contributed by atoms with Gasteiger partial charge in [0.15, 0.2) is 0 Å². The van der Waals surface area contributed by atoms with Gasteiger partial charge in [0.05, 0.1) is 0 Å². The van der Waals surface area contributed by atoms with E-state index < -0.39 is 0 Å². The fraction of sp³-hybridized carbons (Fsp3) is 0. The molecule has 8 radical (unpaired) electrons. The van der Waals surface area contributed by atoms with Crippen molar-refractivity contribution in [1.82, 2.24) is 0 Å². The Balaban J connectivity index is 0. The van der Waals surface area contributed by atoms with Crippen LogP contribution >= 0.6 is 0 Å². The van der Waals surface area contributed by atoms with Crippen LogP contribution in [0.15, 0.2) is 0 Å². The zero-order valence-electron chi connectivity index (χ0n) is 1.83. The summed E-state index contributed by atoms with van der Waals surface area (Å²) in [6.07, 6.45) is 0.